The lowest BCUT2D eigenvalue weighted by Gasteiger charge is -2.43. The summed E-state index contributed by atoms with van der Waals surface area (Å²) in [5.74, 6) is 1.17. The standard InChI is InChI=1S/C30H37ClN6O3/c1-16(2)23-24(17(3)9-11-32-23)37-27-21(12-22(31)25(33-27)30-10-7-6-8-20(30)13-30)26(34-28(37)38)35-14-19(5)36(29(39)40)15-18(35)4/h9,11-12,16,18-20H,6-8,10,13-15H2,1-5H3,(H,39,40)/t18-,19+,20?,30?/m0/s1. The van der Waals surface area contributed by atoms with Crippen molar-refractivity contribution in [2.75, 3.05) is 18.0 Å². The summed E-state index contributed by atoms with van der Waals surface area (Å²) in [6.45, 7) is 10.7. The van der Waals surface area contributed by atoms with Crippen molar-refractivity contribution >= 4 is 34.5 Å². The summed E-state index contributed by atoms with van der Waals surface area (Å²) in [7, 11) is 0. The molecule has 40 heavy (non-hydrogen) atoms. The number of hydrogen-bond acceptors (Lipinski definition) is 6. The number of amides is 1. The molecular weight excluding hydrogens is 528 g/mol. The number of pyridine rings is 2. The first kappa shape index (κ1) is 27.0. The Kier molecular flexibility index (Phi) is 6.56. The van der Waals surface area contributed by atoms with E-state index in [2.05, 4.69) is 23.8 Å². The van der Waals surface area contributed by atoms with Gasteiger partial charge in [0.2, 0.25) is 0 Å². The Hall–Kier alpha value is -3.20. The highest BCUT2D eigenvalue weighted by atomic mass is 35.5. The van der Waals surface area contributed by atoms with E-state index in [0.29, 0.717) is 40.9 Å². The summed E-state index contributed by atoms with van der Waals surface area (Å²) >= 11 is 7.05. The van der Waals surface area contributed by atoms with Gasteiger partial charge in [0, 0.05) is 36.8 Å². The van der Waals surface area contributed by atoms with Gasteiger partial charge >= 0.3 is 11.8 Å². The van der Waals surface area contributed by atoms with Crippen molar-refractivity contribution in [2.45, 2.75) is 90.1 Å². The van der Waals surface area contributed by atoms with Gasteiger partial charge in [0.15, 0.2) is 5.65 Å². The van der Waals surface area contributed by atoms with Crippen LogP contribution in [0, 0.1) is 12.8 Å². The van der Waals surface area contributed by atoms with E-state index in [9.17, 15) is 14.7 Å². The Bertz CT molecular complexity index is 1570. The monoisotopic (exact) mass is 564 g/mol. The fraction of sp³-hybridized carbons (Fsp3) is 0.567. The van der Waals surface area contributed by atoms with Gasteiger partial charge in [0.05, 0.1) is 27.5 Å². The smallest absolute Gasteiger partial charge is 0.407 e. The predicted molar refractivity (Wildman–Crippen MR) is 156 cm³/mol. The minimum Gasteiger partial charge on any atom is -0.465 e. The number of halogens is 1. The summed E-state index contributed by atoms with van der Waals surface area (Å²) in [4.78, 5) is 43.9. The van der Waals surface area contributed by atoms with Crippen molar-refractivity contribution in [1.82, 2.24) is 24.4 Å². The molecule has 3 fully saturated rings. The molecule has 10 heteroatoms. The van der Waals surface area contributed by atoms with Crippen molar-refractivity contribution in [3.63, 3.8) is 0 Å². The van der Waals surface area contributed by atoms with Gasteiger partial charge in [-0.25, -0.2) is 19.1 Å². The molecule has 1 N–H and O–H groups in total. The topological polar surface area (TPSA) is 104 Å². The average molecular weight is 565 g/mol. The van der Waals surface area contributed by atoms with Crippen molar-refractivity contribution in [1.29, 1.82) is 0 Å². The first-order valence-electron chi connectivity index (χ1n) is 14.4. The van der Waals surface area contributed by atoms with E-state index in [0.717, 1.165) is 41.9 Å². The first-order valence-corrected chi connectivity index (χ1v) is 14.8. The molecule has 3 aromatic heterocycles. The van der Waals surface area contributed by atoms with Crippen LogP contribution in [0.15, 0.2) is 23.1 Å². The summed E-state index contributed by atoms with van der Waals surface area (Å²) in [5.41, 5.74) is 3.45. The number of anilines is 1. The molecule has 6 rings (SSSR count). The first-order chi connectivity index (χ1) is 19.0. The van der Waals surface area contributed by atoms with Crippen LogP contribution in [0.4, 0.5) is 10.6 Å². The normalized spacial score (nSPS) is 26.3. The molecular formula is C30H37ClN6O3. The second kappa shape index (κ2) is 9.72. The Morgan fingerprint density at radius 3 is 2.65 bits per heavy atom. The van der Waals surface area contributed by atoms with Crippen LogP contribution in [0.5, 0.6) is 0 Å². The van der Waals surface area contributed by atoms with Crippen LogP contribution < -0.4 is 10.6 Å². The van der Waals surface area contributed by atoms with E-state index in [-0.39, 0.29) is 23.4 Å². The van der Waals surface area contributed by atoms with E-state index < -0.39 is 11.8 Å². The molecule has 0 radical (unpaired) electrons. The fourth-order valence-electron chi connectivity index (χ4n) is 7.15. The zero-order valence-corrected chi connectivity index (χ0v) is 24.6. The van der Waals surface area contributed by atoms with Crippen LogP contribution in [0.1, 0.15) is 82.7 Å². The van der Waals surface area contributed by atoms with Crippen LogP contribution in [0.3, 0.4) is 0 Å². The van der Waals surface area contributed by atoms with Crippen LogP contribution in [-0.4, -0.2) is 60.8 Å². The molecule has 0 aromatic carbocycles. The highest BCUT2D eigenvalue weighted by molar-refractivity contribution is 6.32. The largest absolute Gasteiger partial charge is 0.465 e. The second-order valence-electron chi connectivity index (χ2n) is 12.3. The summed E-state index contributed by atoms with van der Waals surface area (Å²) in [6.07, 6.45) is 6.56. The molecule has 1 aliphatic heterocycles. The van der Waals surface area contributed by atoms with Gasteiger partial charge < -0.3 is 14.9 Å². The van der Waals surface area contributed by atoms with Gasteiger partial charge in [-0.05, 0) is 69.6 Å². The van der Waals surface area contributed by atoms with Gasteiger partial charge in [-0.1, -0.05) is 38.3 Å². The highest BCUT2D eigenvalue weighted by Gasteiger charge is 2.57. The van der Waals surface area contributed by atoms with Crippen molar-refractivity contribution < 1.29 is 9.90 Å². The number of piperazine rings is 1. The number of rotatable bonds is 4. The maximum atomic E-state index is 14.1. The number of carboxylic acid groups (broad SMARTS) is 1. The summed E-state index contributed by atoms with van der Waals surface area (Å²) < 4.78 is 1.63. The lowest BCUT2D eigenvalue weighted by Crippen LogP contribution is -2.58. The van der Waals surface area contributed by atoms with Gasteiger partial charge in [-0.3, -0.25) is 4.98 Å². The molecule has 9 nitrogen and oxygen atoms in total. The third kappa shape index (κ3) is 4.16. The lowest BCUT2D eigenvalue weighted by molar-refractivity contribution is 0.114. The second-order valence-corrected chi connectivity index (χ2v) is 12.8. The van der Waals surface area contributed by atoms with E-state index >= 15 is 0 Å². The zero-order chi connectivity index (χ0) is 28.5. The molecule has 2 saturated carbocycles. The SMILES string of the molecule is Cc1ccnc(C(C)C)c1-n1c(=O)nc(N2C[C@@H](C)N(C(=O)O)C[C@@H]2C)c2cc(Cl)c(C34CCCCC3C4)nc21. The minimum absolute atomic E-state index is 0.0202. The van der Waals surface area contributed by atoms with Crippen molar-refractivity contribution in [3.05, 3.63) is 50.8 Å². The van der Waals surface area contributed by atoms with Crippen LogP contribution in [-0.2, 0) is 5.41 Å². The number of nitrogens with zero attached hydrogens (tertiary/aromatic N) is 6. The van der Waals surface area contributed by atoms with E-state index in [1.807, 2.05) is 37.8 Å². The molecule has 1 amide bonds. The van der Waals surface area contributed by atoms with Crippen LogP contribution in [0.2, 0.25) is 5.02 Å². The van der Waals surface area contributed by atoms with Gasteiger partial charge in [0.1, 0.15) is 5.82 Å². The van der Waals surface area contributed by atoms with Crippen molar-refractivity contribution in [2.24, 2.45) is 5.92 Å². The lowest BCUT2D eigenvalue weighted by atomic mass is 9.85. The van der Waals surface area contributed by atoms with Crippen LogP contribution in [0.25, 0.3) is 16.7 Å². The maximum Gasteiger partial charge on any atom is 0.407 e. The average Bonchev–Trinajstić information content (AvgIpc) is 3.65. The van der Waals surface area contributed by atoms with E-state index in [1.54, 1.807) is 10.8 Å². The Balaban J connectivity index is 1.62. The molecule has 2 unspecified atom stereocenters. The Morgan fingerprint density at radius 2 is 1.95 bits per heavy atom. The molecule has 212 valence electrons. The maximum absolute atomic E-state index is 14.1. The molecule has 4 heterocycles. The predicted octanol–water partition coefficient (Wildman–Crippen LogP) is 5.67. The van der Waals surface area contributed by atoms with Gasteiger partial charge in [-0.15, -0.1) is 0 Å². The molecule has 0 bridgehead atoms. The Labute approximate surface area is 239 Å². The minimum atomic E-state index is -0.944. The van der Waals surface area contributed by atoms with Gasteiger partial charge in [-0.2, -0.15) is 4.98 Å². The fourth-order valence-corrected chi connectivity index (χ4v) is 7.49. The summed E-state index contributed by atoms with van der Waals surface area (Å²) in [6, 6.07) is 3.40. The van der Waals surface area contributed by atoms with Crippen molar-refractivity contribution in [3.8, 4) is 5.69 Å². The Morgan fingerprint density at radius 1 is 1.18 bits per heavy atom. The third-order valence-electron chi connectivity index (χ3n) is 9.36. The highest BCUT2D eigenvalue weighted by Crippen LogP contribution is 2.63. The molecule has 4 atom stereocenters. The molecule has 1 saturated heterocycles. The van der Waals surface area contributed by atoms with Crippen LogP contribution >= 0.6 is 11.6 Å². The molecule has 0 spiro atoms. The number of fused-ring (bicyclic) bond motifs is 2. The number of aryl methyl sites for hydroxylation is 1. The zero-order valence-electron chi connectivity index (χ0n) is 23.8. The molecule has 3 aromatic rings. The summed E-state index contributed by atoms with van der Waals surface area (Å²) in [5, 5.41) is 11.0. The number of carbonyl (C=O) groups is 1. The third-order valence-corrected chi connectivity index (χ3v) is 9.65. The number of hydrogen-bond donors (Lipinski definition) is 1. The van der Waals surface area contributed by atoms with E-state index in [4.69, 9.17) is 16.6 Å². The number of aromatic nitrogens is 4. The molecule has 2 aliphatic carbocycles. The quantitative estimate of drug-likeness (QED) is 0.435. The molecule has 3 aliphatic rings. The van der Waals surface area contributed by atoms with Gasteiger partial charge in [0.25, 0.3) is 0 Å². The van der Waals surface area contributed by atoms with E-state index in [1.165, 1.54) is 17.7 Å².